The molecule has 0 aliphatic rings. The van der Waals surface area contributed by atoms with E-state index in [2.05, 4.69) is 4.98 Å². The van der Waals surface area contributed by atoms with E-state index < -0.39 is 0 Å². The summed E-state index contributed by atoms with van der Waals surface area (Å²) < 4.78 is 10.5. The van der Waals surface area contributed by atoms with Crippen LogP contribution in [0.5, 0.6) is 5.75 Å². The number of nitrogens with zero attached hydrogens (tertiary/aromatic N) is 1. The maximum absolute atomic E-state index is 9.14. The van der Waals surface area contributed by atoms with Crippen molar-refractivity contribution in [3.05, 3.63) is 35.9 Å². The van der Waals surface area contributed by atoms with Gasteiger partial charge in [0.05, 0.1) is 19.3 Å². The highest BCUT2D eigenvalue weighted by molar-refractivity contribution is 5.68. The number of ether oxygens (including phenoxy) is 1. The molecule has 16 heavy (non-hydrogen) atoms. The largest absolute Gasteiger partial charge is 0.496 e. The third kappa shape index (κ3) is 1.79. The van der Waals surface area contributed by atoms with E-state index in [1.54, 1.807) is 7.11 Å². The Morgan fingerprint density at radius 2 is 2.25 bits per heavy atom. The lowest BCUT2D eigenvalue weighted by Gasteiger charge is -2.07. The topological polar surface area (TPSA) is 55.5 Å². The molecule has 0 aliphatic carbocycles. The van der Waals surface area contributed by atoms with Crippen molar-refractivity contribution in [2.24, 2.45) is 0 Å². The van der Waals surface area contributed by atoms with Crippen molar-refractivity contribution in [1.29, 1.82) is 0 Å². The van der Waals surface area contributed by atoms with Crippen LogP contribution in [0.1, 0.15) is 11.3 Å². The second-order valence-electron chi connectivity index (χ2n) is 3.49. The van der Waals surface area contributed by atoms with Gasteiger partial charge in [0, 0.05) is 0 Å². The number of benzene rings is 1. The Morgan fingerprint density at radius 1 is 1.44 bits per heavy atom. The molecule has 0 amide bonds. The van der Waals surface area contributed by atoms with Crippen LogP contribution >= 0.6 is 0 Å². The fraction of sp³-hybridized carbons (Fsp3) is 0.250. The lowest BCUT2D eigenvalue weighted by atomic mass is 10.1. The Kier molecular flexibility index (Phi) is 2.92. The molecule has 0 saturated carbocycles. The molecule has 2 rings (SSSR count). The van der Waals surface area contributed by atoms with Gasteiger partial charge in [0.1, 0.15) is 11.4 Å². The Hall–Kier alpha value is -1.81. The van der Waals surface area contributed by atoms with Gasteiger partial charge in [-0.3, -0.25) is 0 Å². The molecule has 0 bridgehead atoms. The molecule has 0 fully saturated rings. The summed E-state index contributed by atoms with van der Waals surface area (Å²) in [5.74, 6) is 1.26. The van der Waals surface area contributed by atoms with Crippen LogP contribution in [0, 0.1) is 6.92 Å². The SMILES string of the molecule is COc1ccc(C)cc1-c1ocnc1CO. The molecule has 4 heteroatoms. The van der Waals surface area contributed by atoms with Crippen LogP contribution in [0.2, 0.25) is 0 Å². The minimum Gasteiger partial charge on any atom is -0.496 e. The molecular weight excluding hydrogens is 206 g/mol. The molecule has 1 aromatic heterocycles. The van der Waals surface area contributed by atoms with Crippen LogP contribution in [-0.4, -0.2) is 17.2 Å². The molecular formula is C12H13NO3. The Morgan fingerprint density at radius 3 is 2.94 bits per heavy atom. The van der Waals surface area contributed by atoms with Gasteiger partial charge in [-0.15, -0.1) is 0 Å². The van der Waals surface area contributed by atoms with Crippen LogP contribution in [-0.2, 0) is 6.61 Å². The first-order chi connectivity index (χ1) is 7.76. The first-order valence-corrected chi connectivity index (χ1v) is 4.94. The summed E-state index contributed by atoms with van der Waals surface area (Å²) in [5, 5.41) is 9.14. The highest BCUT2D eigenvalue weighted by atomic mass is 16.5. The molecule has 1 heterocycles. The van der Waals surface area contributed by atoms with Gasteiger partial charge in [0.2, 0.25) is 0 Å². The first-order valence-electron chi connectivity index (χ1n) is 4.94. The van der Waals surface area contributed by atoms with Gasteiger partial charge in [-0.05, 0) is 19.1 Å². The van der Waals surface area contributed by atoms with Crippen molar-refractivity contribution in [3.8, 4) is 17.1 Å². The average Bonchev–Trinajstić information content (AvgIpc) is 2.76. The van der Waals surface area contributed by atoms with Crippen molar-refractivity contribution in [2.45, 2.75) is 13.5 Å². The fourth-order valence-corrected chi connectivity index (χ4v) is 1.60. The van der Waals surface area contributed by atoms with E-state index in [-0.39, 0.29) is 6.61 Å². The number of aliphatic hydroxyl groups is 1. The summed E-state index contributed by atoms with van der Waals surface area (Å²) in [6, 6.07) is 5.77. The van der Waals surface area contributed by atoms with E-state index in [1.165, 1.54) is 6.39 Å². The maximum atomic E-state index is 9.14. The normalized spacial score (nSPS) is 10.4. The van der Waals surface area contributed by atoms with Crippen molar-refractivity contribution < 1.29 is 14.3 Å². The zero-order chi connectivity index (χ0) is 11.5. The predicted molar refractivity (Wildman–Crippen MR) is 59.2 cm³/mol. The van der Waals surface area contributed by atoms with E-state index in [1.807, 2.05) is 25.1 Å². The summed E-state index contributed by atoms with van der Waals surface area (Å²) in [6.45, 7) is 1.83. The van der Waals surface area contributed by atoms with E-state index in [9.17, 15) is 0 Å². The van der Waals surface area contributed by atoms with Gasteiger partial charge in [-0.25, -0.2) is 4.98 Å². The molecule has 0 spiro atoms. The minimum atomic E-state index is -0.150. The van der Waals surface area contributed by atoms with E-state index in [4.69, 9.17) is 14.3 Å². The second kappa shape index (κ2) is 4.37. The van der Waals surface area contributed by atoms with Gasteiger partial charge in [0.25, 0.3) is 0 Å². The lowest BCUT2D eigenvalue weighted by molar-refractivity contribution is 0.277. The smallest absolute Gasteiger partial charge is 0.181 e. The van der Waals surface area contributed by atoms with E-state index in [0.717, 1.165) is 11.1 Å². The standard InChI is InChI=1S/C12H13NO3/c1-8-3-4-11(15-2)9(5-8)12-10(6-14)13-7-16-12/h3-5,7,14H,6H2,1-2H3. The number of aliphatic hydroxyl groups excluding tert-OH is 1. The molecule has 0 unspecified atom stereocenters. The van der Waals surface area contributed by atoms with Crippen molar-refractivity contribution in [2.75, 3.05) is 7.11 Å². The van der Waals surface area contributed by atoms with E-state index >= 15 is 0 Å². The van der Waals surface area contributed by atoms with Gasteiger partial charge in [0.15, 0.2) is 12.2 Å². The highest BCUT2D eigenvalue weighted by Crippen LogP contribution is 2.32. The minimum absolute atomic E-state index is 0.150. The van der Waals surface area contributed by atoms with Gasteiger partial charge < -0.3 is 14.3 Å². The van der Waals surface area contributed by atoms with Crippen LogP contribution in [0.15, 0.2) is 29.0 Å². The highest BCUT2D eigenvalue weighted by Gasteiger charge is 2.14. The number of aromatic nitrogens is 1. The quantitative estimate of drug-likeness (QED) is 0.859. The van der Waals surface area contributed by atoms with Crippen LogP contribution in [0.3, 0.4) is 0 Å². The lowest BCUT2D eigenvalue weighted by Crippen LogP contribution is -1.91. The molecule has 1 aromatic carbocycles. The van der Waals surface area contributed by atoms with Gasteiger partial charge in [-0.1, -0.05) is 11.6 Å². The third-order valence-corrected chi connectivity index (χ3v) is 2.39. The fourth-order valence-electron chi connectivity index (χ4n) is 1.60. The summed E-state index contributed by atoms with van der Waals surface area (Å²) >= 11 is 0. The zero-order valence-corrected chi connectivity index (χ0v) is 9.23. The molecule has 2 aromatic rings. The first kappa shape index (κ1) is 10.7. The summed E-state index contributed by atoms with van der Waals surface area (Å²) in [6.07, 6.45) is 1.32. The monoisotopic (exact) mass is 219 g/mol. The Balaban J connectivity index is 2.58. The molecule has 0 saturated heterocycles. The van der Waals surface area contributed by atoms with Crippen molar-refractivity contribution in [1.82, 2.24) is 4.98 Å². The van der Waals surface area contributed by atoms with Crippen LogP contribution in [0.4, 0.5) is 0 Å². The number of rotatable bonds is 3. The predicted octanol–water partition coefficient (Wildman–Crippen LogP) is 2.15. The molecule has 4 nitrogen and oxygen atoms in total. The van der Waals surface area contributed by atoms with Crippen molar-refractivity contribution in [3.63, 3.8) is 0 Å². The molecule has 0 radical (unpaired) electrons. The molecule has 84 valence electrons. The molecule has 1 N–H and O–H groups in total. The molecule has 0 atom stereocenters. The van der Waals surface area contributed by atoms with Gasteiger partial charge in [-0.2, -0.15) is 0 Å². The third-order valence-electron chi connectivity index (χ3n) is 2.39. The number of oxazole rings is 1. The Bertz CT molecular complexity index is 491. The zero-order valence-electron chi connectivity index (χ0n) is 9.23. The number of hydrogen-bond acceptors (Lipinski definition) is 4. The number of methoxy groups -OCH3 is 1. The number of aryl methyl sites for hydroxylation is 1. The van der Waals surface area contributed by atoms with Crippen molar-refractivity contribution >= 4 is 0 Å². The number of hydrogen-bond donors (Lipinski definition) is 1. The average molecular weight is 219 g/mol. The van der Waals surface area contributed by atoms with Gasteiger partial charge >= 0.3 is 0 Å². The summed E-state index contributed by atoms with van der Waals surface area (Å²) in [7, 11) is 1.60. The van der Waals surface area contributed by atoms with Crippen LogP contribution in [0.25, 0.3) is 11.3 Å². The second-order valence-corrected chi connectivity index (χ2v) is 3.49. The summed E-state index contributed by atoms with van der Waals surface area (Å²) in [5.41, 5.74) is 2.42. The molecule has 0 aliphatic heterocycles. The van der Waals surface area contributed by atoms with Crippen LogP contribution < -0.4 is 4.74 Å². The summed E-state index contributed by atoms with van der Waals surface area (Å²) in [4.78, 5) is 3.94. The van der Waals surface area contributed by atoms with E-state index in [0.29, 0.717) is 17.2 Å². The maximum Gasteiger partial charge on any atom is 0.181 e. The Labute approximate surface area is 93.5 Å².